The predicted molar refractivity (Wildman–Crippen MR) is 90.3 cm³/mol. The minimum Gasteiger partial charge on any atom is -0.472 e. The monoisotopic (exact) mass is 328 g/mol. The van der Waals surface area contributed by atoms with E-state index in [4.69, 9.17) is 4.74 Å². The van der Waals surface area contributed by atoms with Gasteiger partial charge in [0.1, 0.15) is 12.2 Å². The van der Waals surface area contributed by atoms with Gasteiger partial charge in [-0.2, -0.15) is 0 Å². The first kappa shape index (κ1) is 15.4. The number of rotatable bonds is 5. The molecule has 0 unspecified atom stereocenters. The van der Waals surface area contributed by atoms with Crippen molar-refractivity contribution in [3.05, 3.63) is 24.5 Å². The molecule has 0 radical (unpaired) electrons. The highest BCUT2D eigenvalue weighted by atomic mass is 16.5. The summed E-state index contributed by atoms with van der Waals surface area (Å²) in [5, 5.41) is 8.57. The molecule has 1 atom stereocenters. The lowest BCUT2D eigenvalue weighted by Crippen LogP contribution is -2.36. The molecule has 0 aromatic carbocycles. The van der Waals surface area contributed by atoms with Crippen molar-refractivity contribution in [1.29, 1.82) is 0 Å². The SMILES string of the molecule is CC(C)Oc1nccnc1N1CCC[C@H](c2nncn2C2CC2)C1. The Morgan fingerprint density at radius 2 is 2.00 bits per heavy atom. The number of nitrogens with zero attached hydrogens (tertiary/aromatic N) is 6. The number of piperidine rings is 1. The van der Waals surface area contributed by atoms with E-state index in [2.05, 4.69) is 29.6 Å². The van der Waals surface area contributed by atoms with Crippen LogP contribution in [0.3, 0.4) is 0 Å². The molecule has 7 heteroatoms. The van der Waals surface area contributed by atoms with Crippen molar-refractivity contribution in [1.82, 2.24) is 24.7 Å². The Morgan fingerprint density at radius 1 is 1.17 bits per heavy atom. The Balaban J connectivity index is 1.56. The largest absolute Gasteiger partial charge is 0.472 e. The van der Waals surface area contributed by atoms with Gasteiger partial charge >= 0.3 is 0 Å². The van der Waals surface area contributed by atoms with E-state index in [0.29, 0.717) is 17.8 Å². The standard InChI is InChI=1S/C17H24N6O/c1-12(2)24-17-16(18-7-8-19-17)22-9-3-4-13(10-22)15-21-20-11-23(15)14-5-6-14/h7-8,11-14H,3-6,9-10H2,1-2H3/t13-/m0/s1. The highest BCUT2D eigenvalue weighted by molar-refractivity contribution is 5.48. The Morgan fingerprint density at radius 3 is 2.79 bits per heavy atom. The predicted octanol–water partition coefficient (Wildman–Crippen LogP) is 2.57. The third-order valence-corrected chi connectivity index (χ3v) is 4.62. The average molecular weight is 328 g/mol. The summed E-state index contributed by atoms with van der Waals surface area (Å²) in [6.07, 6.45) is 10.1. The van der Waals surface area contributed by atoms with Crippen LogP contribution >= 0.6 is 0 Å². The van der Waals surface area contributed by atoms with Crippen LogP contribution in [0.5, 0.6) is 5.88 Å². The zero-order valence-corrected chi connectivity index (χ0v) is 14.3. The maximum Gasteiger partial charge on any atom is 0.257 e. The van der Waals surface area contributed by atoms with Crippen LogP contribution in [-0.2, 0) is 0 Å². The normalized spacial score (nSPS) is 21.3. The van der Waals surface area contributed by atoms with Gasteiger partial charge in [0.2, 0.25) is 0 Å². The molecule has 0 bridgehead atoms. The van der Waals surface area contributed by atoms with Gasteiger partial charge < -0.3 is 14.2 Å². The molecule has 3 heterocycles. The zero-order chi connectivity index (χ0) is 16.5. The van der Waals surface area contributed by atoms with Crippen LogP contribution in [0, 0.1) is 0 Å². The highest BCUT2D eigenvalue weighted by Crippen LogP contribution is 2.38. The van der Waals surface area contributed by atoms with Crippen molar-refractivity contribution >= 4 is 5.82 Å². The maximum atomic E-state index is 5.85. The summed E-state index contributed by atoms with van der Waals surface area (Å²) < 4.78 is 8.12. The lowest BCUT2D eigenvalue weighted by molar-refractivity contribution is 0.231. The molecule has 2 aliphatic rings. The van der Waals surface area contributed by atoms with Crippen molar-refractivity contribution in [2.24, 2.45) is 0 Å². The fourth-order valence-electron chi connectivity index (χ4n) is 3.40. The number of hydrogen-bond acceptors (Lipinski definition) is 6. The fourth-order valence-corrected chi connectivity index (χ4v) is 3.40. The minimum absolute atomic E-state index is 0.0824. The molecule has 7 nitrogen and oxygen atoms in total. The van der Waals surface area contributed by atoms with Crippen LogP contribution in [-0.4, -0.2) is 43.9 Å². The summed E-state index contributed by atoms with van der Waals surface area (Å²) in [5.74, 6) is 2.97. The molecule has 2 fully saturated rings. The van der Waals surface area contributed by atoms with Gasteiger partial charge in [0.05, 0.1) is 6.10 Å². The van der Waals surface area contributed by atoms with E-state index in [1.165, 1.54) is 12.8 Å². The fraction of sp³-hybridized carbons (Fsp3) is 0.647. The van der Waals surface area contributed by atoms with Gasteiger partial charge in [-0.15, -0.1) is 10.2 Å². The lowest BCUT2D eigenvalue weighted by Gasteiger charge is -2.33. The third kappa shape index (κ3) is 3.07. The molecule has 128 valence electrons. The van der Waals surface area contributed by atoms with Gasteiger partial charge in [0, 0.05) is 37.4 Å². The topological polar surface area (TPSA) is 69.0 Å². The molecule has 2 aromatic heterocycles. The second kappa shape index (κ2) is 6.37. The van der Waals surface area contributed by atoms with Crippen LogP contribution in [0.1, 0.15) is 57.3 Å². The third-order valence-electron chi connectivity index (χ3n) is 4.62. The minimum atomic E-state index is 0.0824. The molecule has 2 aromatic rings. The highest BCUT2D eigenvalue weighted by Gasteiger charge is 2.32. The zero-order valence-electron chi connectivity index (χ0n) is 14.3. The first-order chi connectivity index (χ1) is 11.7. The summed E-state index contributed by atoms with van der Waals surface area (Å²) in [6.45, 7) is 5.88. The Bertz CT molecular complexity index is 696. The van der Waals surface area contributed by atoms with Crippen LogP contribution in [0.15, 0.2) is 18.7 Å². The van der Waals surface area contributed by atoms with E-state index in [9.17, 15) is 0 Å². The molecule has 0 N–H and O–H groups in total. The smallest absolute Gasteiger partial charge is 0.257 e. The van der Waals surface area contributed by atoms with E-state index < -0.39 is 0 Å². The Labute approximate surface area is 142 Å². The van der Waals surface area contributed by atoms with Crippen molar-refractivity contribution in [2.45, 2.75) is 57.6 Å². The van der Waals surface area contributed by atoms with Gasteiger partial charge in [-0.05, 0) is 39.5 Å². The lowest BCUT2D eigenvalue weighted by atomic mass is 9.97. The quantitative estimate of drug-likeness (QED) is 0.840. The van der Waals surface area contributed by atoms with E-state index >= 15 is 0 Å². The van der Waals surface area contributed by atoms with E-state index in [1.807, 2.05) is 20.2 Å². The van der Waals surface area contributed by atoms with E-state index in [0.717, 1.165) is 37.6 Å². The summed E-state index contributed by atoms with van der Waals surface area (Å²) in [5.41, 5.74) is 0. The van der Waals surface area contributed by atoms with Crippen molar-refractivity contribution < 1.29 is 4.74 Å². The molecular weight excluding hydrogens is 304 g/mol. The molecule has 24 heavy (non-hydrogen) atoms. The number of hydrogen-bond donors (Lipinski definition) is 0. The van der Waals surface area contributed by atoms with Crippen molar-refractivity contribution in [3.63, 3.8) is 0 Å². The summed E-state index contributed by atoms with van der Waals surface area (Å²) in [4.78, 5) is 11.2. The average Bonchev–Trinajstić information content (AvgIpc) is 3.31. The van der Waals surface area contributed by atoms with E-state index in [1.54, 1.807) is 12.4 Å². The van der Waals surface area contributed by atoms with Crippen LogP contribution in [0.25, 0.3) is 0 Å². The first-order valence-electron chi connectivity index (χ1n) is 8.84. The second-order valence-corrected chi connectivity index (χ2v) is 6.96. The molecule has 0 amide bonds. The van der Waals surface area contributed by atoms with Crippen LogP contribution < -0.4 is 9.64 Å². The second-order valence-electron chi connectivity index (χ2n) is 6.96. The molecule has 1 aliphatic carbocycles. The van der Waals surface area contributed by atoms with Gasteiger partial charge in [0.15, 0.2) is 5.82 Å². The molecular formula is C17H24N6O. The van der Waals surface area contributed by atoms with Crippen LogP contribution in [0.4, 0.5) is 5.82 Å². The van der Waals surface area contributed by atoms with Crippen LogP contribution in [0.2, 0.25) is 0 Å². The first-order valence-corrected chi connectivity index (χ1v) is 8.84. The number of anilines is 1. The summed E-state index contributed by atoms with van der Waals surface area (Å²) in [6, 6.07) is 0.613. The Hall–Kier alpha value is -2.18. The van der Waals surface area contributed by atoms with Gasteiger partial charge in [-0.3, -0.25) is 0 Å². The summed E-state index contributed by atoms with van der Waals surface area (Å²) >= 11 is 0. The van der Waals surface area contributed by atoms with Crippen molar-refractivity contribution in [2.75, 3.05) is 18.0 Å². The van der Waals surface area contributed by atoms with Gasteiger partial charge in [-0.1, -0.05) is 0 Å². The Kier molecular flexibility index (Phi) is 4.08. The summed E-state index contributed by atoms with van der Waals surface area (Å²) in [7, 11) is 0. The molecule has 1 saturated carbocycles. The van der Waals surface area contributed by atoms with E-state index in [-0.39, 0.29) is 6.10 Å². The van der Waals surface area contributed by atoms with Gasteiger partial charge in [0.25, 0.3) is 5.88 Å². The molecule has 0 spiro atoms. The number of ether oxygens (including phenoxy) is 1. The molecule has 1 aliphatic heterocycles. The molecule has 1 saturated heterocycles. The number of aromatic nitrogens is 5. The van der Waals surface area contributed by atoms with Crippen molar-refractivity contribution in [3.8, 4) is 5.88 Å². The van der Waals surface area contributed by atoms with Gasteiger partial charge in [-0.25, -0.2) is 9.97 Å². The maximum absolute atomic E-state index is 5.85. The molecule has 4 rings (SSSR count).